The van der Waals surface area contributed by atoms with Crippen molar-refractivity contribution in [2.75, 3.05) is 33.9 Å². The largest absolute Gasteiger partial charge is 0.416 e. The van der Waals surface area contributed by atoms with E-state index in [2.05, 4.69) is 46.2 Å². The molecule has 5 aromatic rings. The summed E-state index contributed by atoms with van der Waals surface area (Å²) in [5, 5.41) is 27.5. The van der Waals surface area contributed by atoms with Gasteiger partial charge in [0.25, 0.3) is 5.91 Å². The van der Waals surface area contributed by atoms with Gasteiger partial charge in [0, 0.05) is 38.1 Å². The van der Waals surface area contributed by atoms with Crippen molar-refractivity contribution in [2.24, 2.45) is 0 Å². The number of alkyl halides is 3. The Hall–Kier alpha value is -4.90. The van der Waals surface area contributed by atoms with Crippen LogP contribution in [0.2, 0.25) is 0 Å². The minimum absolute atomic E-state index is 0.0964. The number of anilines is 4. The smallest absolute Gasteiger partial charge is 0.357 e. The van der Waals surface area contributed by atoms with E-state index in [1.807, 2.05) is 30.3 Å². The van der Waals surface area contributed by atoms with Gasteiger partial charge in [0.1, 0.15) is 0 Å². The number of carbonyl (C=O) groups is 2. The monoisotopic (exact) mass is 668 g/mol. The summed E-state index contributed by atoms with van der Waals surface area (Å²) in [6.07, 6.45) is 0.485. The van der Waals surface area contributed by atoms with Crippen molar-refractivity contribution in [3.8, 4) is 0 Å². The third-order valence-corrected chi connectivity index (χ3v) is 8.83. The third-order valence-electron chi connectivity index (χ3n) is 7.16. The average Bonchev–Trinajstić information content (AvgIpc) is 3.80. The molecule has 1 aliphatic heterocycles. The summed E-state index contributed by atoms with van der Waals surface area (Å²) in [7, 11) is 0. The van der Waals surface area contributed by atoms with Gasteiger partial charge >= 0.3 is 6.18 Å². The van der Waals surface area contributed by atoms with E-state index in [1.54, 1.807) is 10.8 Å². The Bertz CT molecular complexity index is 1780. The fourth-order valence-corrected chi connectivity index (χ4v) is 6.38. The second kappa shape index (κ2) is 13.6. The molecule has 0 bridgehead atoms. The fraction of sp³-hybridized carbons (Fsp3) is 0.276. The van der Waals surface area contributed by atoms with Gasteiger partial charge in [0.05, 0.1) is 12.0 Å². The van der Waals surface area contributed by atoms with E-state index in [0.717, 1.165) is 30.5 Å². The van der Waals surface area contributed by atoms with Gasteiger partial charge in [-0.2, -0.15) is 13.2 Å². The highest BCUT2D eigenvalue weighted by Crippen LogP contribution is 2.30. The summed E-state index contributed by atoms with van der Waals surface area (Å²) in [5.41, 5.74) is 0.773. The van der Waals surface area contributed by atoms with Crippen molar-refractivity contribution < 1.29 is 22.8 Å². The molecular formula is C29H27F3N10O2S2. The van der Waals surface area contributed by atoms with E-state index in [-0.39, 0.29) is 30.7 Å². The summed E-state index contributed by atoms with van der Waals surface area (Å²) in [4.78, 5) is 31.5. The minimum atomic E-state index is -4.42. The summed E-state index contributed by atoms with van der Waals surface area (Å²) in [6.45, 7) is 1.58. The van der Waals surface area contributed by atoms with Crippen LogP contribution in [-0.2, 0) is 23.9 Å². The van der Waals surface area contributed by atoms with Crippen molar-refractivity contribution in [2.45, 2.75) is 38.0 Å². The van der Waals surface area contributed by atoms with E-state index < -0.39 is 17.6 Å². The molecule has 6 rings (SSSR count). The Kier molecular flexibility index (Phi) is 9.20. The molecule has 2 amide bonds. The molecule has 0 radical (unpaired) electrons. The number of carbonyl (C=O) groups excluding carboxylic acids is 2. The third kappa shape index (κ3) is 7.84. The molecule has 0 saturated carbocycles. The zero-order chi connectivity index (χ0) is 32.1. The minimum Gasteiger partial charge on any atom is -0.357 e. The van der Waals surface area contributed by atoms with Crippen LogP contribution in [-0.4, -0.2) is 60.9 Å². The van der Waals surface area contributed by atoms with Crippen LogP contribution in [0.15, 0.2) is 67.0 Å². The lowest BCUT2D eigenvalue weighted by molar-refractivity contribution is -0.137. The first-order chi connectivity index (χ1) is 22.2. The SMILES string of the molecule is O=C(Cc1ccccc1)Nc1nnc(NC2CCN(c3nnc(NC(=O)c4nccn4Cc4ccc(C(F)(F)F)cc4)s3)CC2)s1. The van der Waals surface area contributed by atoms with Crippen molar-refractivity contribution in [1.82, 2.24) is 29.9 Å². The van der Waals surface area contributed by atoms with Crippen LogP contribution in [0, 0.1) is 0 Å². The molecule has 238 valence electrons. The van der Waals surface area contributed by atoms with E-state index in [0.29, 0.717) is 39.2 Å². The van der Waals surface area contributed by atoms with Crippen LogP contribution in [0.5, 0.6) is 0 Å². The van der Waals surface area contributed by atoms with Gasteiger partial charge in [-0.3, -0.25) is 14.9 Å². The number of imidazole rings is 1. The zero-order valence-electron chi connectivity index (χ0n) is 24.1. The molecule has 1 aliphatic rings. The Balaban J connectivity index is 0.969. The number of aromatic nitrogens is 6. The molecular weight excluding hydrogens is 642 g/mol. The molecule has 46 heavy (non-hydrogen) atoms. The number of hydrogen-bond donors (Lipinski definition) is 3. The Morgan fingerprint density at radius 1 is 0.848 bits per heavy atom. The predicted octanol–water partition coefficient (Wildman–Crippen LogP) is 5.17. The highest BCUT2D eigenvalue weighted by atomic mass is 32.1. The molecule has 3 aromatic heterocycles. The number of halogens is 3. The highest BCUT2D eigenvalue weighted by Gasteiger charge is 2.30. The first-order valence-corrected chi connectivity index (χ1v) is 15.8. The standard InChI is InChI=1S/C29H27F3N10O2S2/c30-29(31,32)20-8-6-19(7-9-20)17-42-15-12-33-23(42)24(44)36-27-39-40-28(46-27)41-13-10-21(11-14-41)34-25-37-38-26(45-25)35-22(43)16-18-4-2-1-3-5-18/h1-9,12,15,21H,10-11,13-14,16-17H2,(H,34,37)(H,35,38,43)(H,36,39,44). The van der Waals surface area contributed by atoms with Gasteiger partial charge in [0.2, 0.25) is 26.4 Å². The lowest BCUT2D eigenvalue weighted by atomic mass is 10.1. The van der Waals surface area contributed by atoms with Crippen molar-refractivity contribution in [3.63, 3.8) is 0 Å². The van der Waals surface area contributed by atoms with Crippen LogP contribution < -0.4 is 20.9 Å². The second-order valence-electron chi connectivity index (χ2n) is 10.4. The van der Waals surface area contributed by atoms with E-state index in [4.69, 9.17) is 0 Å². The van der Waals surface area contributed by atoms with Crippen LogP contribution in [0.4, 0.5) is 33.7 Å². The number of benzene rings is 2. The Morgan fingerprint density at radius 3 is 2.28 bits per heavy atom. The van der Waals surface area contributed by atoms with E-state index >= 15 is 0 Å². The number of piperidine rings is 1. The van der Waals surface area contributed by atoms with Gasteiger partial charge in [-0.15, -0.1) is 20.4 Å². The summed E-state index contributed by atoms with van der Waals surface area (Å²) >= 11 is 2.53. The maximum atomic E-state index is 13.0. The van der Waals surface area contributed by atoms with Gasteiger partial charge in [-0.25, -0.2) is 4.98 Å². The second-order valence-corrected chi connectivity index (χ2v) is 12.4. The van der Waals surface area contributed by atoms with Crippen LogP contribution in [0.3, 0.4) is 0 Å². The number of hydrogen-bond acceptors (Lipinski definition) is 11. The quantitative estimate of drug-likeness (QED) is 0.184. The lowest BCUT2D eigenvalue weighted by Crippen LogP contribution is -2.39. The fourth-order valence-electron chi connectivity index (χ4n) is 4.85. The molecule has 0 unspecified atom stereocenters. The molecule has 0 atom stereocenters. The summed E-state index contributed by atoms with van der Waals surface area (Å²) in [5.74, 6) is -0.562. The highest BCUT2D eigenvalue weighted by molar-refractivity contribution is 7.19. The maximum Gasteiger partial charge on any atom is 0.416 e. The number of amides is 2. The Morgan fingerprint density at radius 2 is 1.54 bits per heavy atom. The number of nitrogens with one attached hydrogen (secondary N) is 3. The lowest BCUT2D eigenvalue weighted by Gasteiger charge is -2.31. The van der Waals surface area contributed by atoms with Gasteiger partial charge in [0.15, 0.2) is 5.82 Å². The molecule has 0 aliphatic carbocycles. The van der Waals surface area contributed by atoms with Crippen molar-refractivity contribution in [1.29, 1.82) is 0 Å². The summed E-state index contributed by atoms with van der Waals surface area (Å²) < 4.78 is 40.2. The first-order valence-electron chi connectivity index (χ1n) is 14.2. The van der Waals surface area contributed by atoms with Crippen LogP contribution in [0.25, 0.3) is 0 Å². The summed E-state index contributed by atoms with van der Waals surface area (Å²) in [6, 6.07) is 14.4. The maximum absolute atomic E-state index is 13.0. The molecule has 17 heteroatoms. The van der Waals surface area contributed by atoms with Crippen molar-refractivity contribution in [3.05, 3.63) is 89.5 Å². The van der Waals surface area contributed by atoms with Crippen LogP contribution >= 0.6 is 22.7 Å². The topological polar surface area (TPSA) is 143 Å². The van der Waals surface area contributed by atoms with Gasteiger partial charge in [-0.1, -0.05) is 65.1 Å². The number of nitrogens with zero attached hydrogens (tertiary/aromatic N) is 7. The van der Waals surface area contributed by atoms with E-state index in [1.165, 1.54) is 41.0 Å². The molecule has 1 saturated heterocycles. The zero-order valence-corrected chi connectivity index (χ0v) is 25.7. The molecule has 0 spiro atoms. The molecule has 2 aromatic carbocycles. The van der Waals surface area contributed by atoms with Gasteiger partial charge < -0.3 is 20.1 Å². The molecule has 1 fully saturated rings. The van der Waals surface area contributed by atoms with Gasteiger partial charge in [-0.05, 0) is 36.1 Å². The Labute approximate surface area is 268 Å². The molecule has 12 nitrogen and oxygen atoms in total. The van der Waals surface area contributed by atoms with Crippen molar-refractivity contribution >= 4 is 55.0 Å². The average molecular weight is 669 g/mol. The first kappa shape index (κ1) is 31.1. The van der Waals surface area contributed by atoms with E-state index in [9.17, 15) is 22.8 Å². The number of rotatable bonds is 10. The van der Waals surface area contributed by atoms with Crippen LogP contribution in [0.1, 0.15) is 40.2 Å². The molecule has 4 heterocycles. The predicted molar refractivity (Wildman–Crippen MR) is 168 cm³/mol. The normalized spacial score (nSPS) is 13.8. The molecule has 3 N–H and O–H groups in total.